The molecule has 0 saturated heterocycles. The van der Waals surface area contributed by atoms with Crippen LogP contribution in [0, 0.1) is 0 Å². The molecule has 0 unspecified atom stereocenters. The summed E-state index contributed by atoms with van der Waals surface area (Å²) in [5.41, 5.74) is 0. The van der Waals surface area contributed by atoms with Crippen LogP contribution < -0.4 is 5.11 Å². The van der Waals surface area contributed by atoms with Crippen LogP contribution in [0.15, 0.2) is 12.8 Å². The van der Waals surface area contributed by atoms with Crippen LogP contribution in [0.2, 0.25) is 0 Å². The highest BCUT2D eigenvalue weighted by Crippen LogP contribution is 1.85. The van der Waals surface area contributed by atoms with E-state index < -0.39 is 5.97 Å². The minimum absolute atomic E-state index is 0.120. The number of nitrogens with zero attached hydrogens (tertiary/aromatic N) is 1. The minimum atomic E-state index is -1.17. The average molecular weight is 142 g/mol. The molecule has 0 rings (SSSR count). The van der Waals surface area contributed by atoms with Gasteiger partial charge in [0.2, 0.25) is 6.41 Å². The van der Waals surface area contributed by atoms with E-state index in [0.717, 1.165) is 4.90 Å². The third-order valence-electron chi connectivity index (χ3n) is 0.944. The van der Waals surface area contributed by atoms with E-state index in [9.17, 15) is 14.7 Å². The summed E-state index contributed by atoms with van der Waals surface area (Å²) >= 11 is 0. The molecule has 0 spiro atoms. The predicted molar refractivity (Wildman–Crippen MR) is 32.6 cm³/mol. The van der Waals surface area contributed by atoms with E-state index >= 15 is 0 Å². The smallest absolute Gasteiger partial charge is 0.213 e. The van der Waals surface area contributed by atoms with Crippen LogP contribution in [0.5, 0.6) is 0 Å². The number of amides is 1. The number of hydrogen-bond acceptors (Lipinski definition) is 3. The lowest BCUT2D eigenvalue weighted by atomic mass is 10.4. The van der Waals surface area contributed by atoms with Crippen LogP contribution >= 0.6 is 0 Å². The van der Waals surface area contributed by atoms with Crippen molar-refractivity contribution in [1.29, 1.82) is 0 Å². The highest BCUT2D eigenvalue weighted by Gasteiger charge is 1.93. The summed E-state index contributed by atoms with van der Waals surface area (Å²) < 4.78 is 0. The topological polar surface area (TPSA) is 60.4 Å². The van der Waals surface area contributed by atoms with E-state index in [4.69, 9.17) is 0 Å². The van der Waals surface area contributed by atoms with Crippen LogP contribution in [-0.2, 0) is 9.59 Å². The zero-order valence-corrected chi connectivity index (χ0v) is 5.45. The van der Waals surface area contributed by atoms with Gasteiger partial charge in [0.15, 0.2) is 0 Å². The Morgan fingerprint density at radius 1 is 1.70 bits per heavy atom. The number of carboxylic acid groups (broad SMARTS) is 1. The number of carboxylic acids is 1. The first-order chi connectivity index (χ1) is 4.70. The van der Waals surface area contributed by atoms with Gasteiger partial charge in [0.05, 0.1) is 0 Å². The normalized spacial score (nSPS) is 8.40. The molecule has 0 N–H and O–H groups in total. The van der Waals surface area contributed by atoms with Crippen molar-refractivity contribution in [1.82, 2.24) is 4.90 Å². The van der Waals surface area contributed by atoms with Crippen molar-refractivity contribution in [2.75, 3.05) is 6.54 Å². The summed E-state index contributed by atoms with van der Waals surface area (Å²) in [6.45, 7) is 3.41. The van der Waals surface area contributed by atoms with Crippen LogP contribution in [0.1, 0.15) is 6.42 Å². The molecule has 0 aromatic heterocycles. The quantitative estimate of drug-likeness (QED) is 0.449. The van der Waals surface area contributed by atoms with Crippen molar-refractivity contribution in [3.8, 4) is 0 Å². The van der Waals surface area contributed by atoms with Gasteiger partial charge < -0.3 is 14.8 Å². The molecule has 4 nitrogen and oxygen atoms in total. The maximum atomic E-state index is 9.99. The third kappa shape index (κ3) is 3.65. The standard InChI is InChI=1S/C6H9NO3/c1-2-7(5-8)4-3-6(9)10/h2,5H,1,3-4H2,(H,9,10)/p-1. The Hall–Kier alpha value is -1.32. The Kier molecular flexibility index (Phi) is 3.95. The summed E-state index contributed by atoms with van der Waals surface area (Å²) in [6.07, 6.45) is 1.61. The van der Waals surface area contributed by atoms with E-state index in [1.165, 1.54) is 6.20 Å². The number of hydrogen-bond donors (Lipinski definition) is 0. The number of aliphatic carboxylic acids is 1. The molecule has 0 atom stereocenters. The number of carbonyl (C=O) groups excluding carboxylic acids is 2. The van der Waals surface area contributed by atoms with Crippen molar-refractivity contribution in [2.24, 2.45) is 0 Å². The molecular weight excluding hydrogens is 134 g/mol. The van der Waals surface area contributed by atoms with Gasteiger partial charge in [-0.3, -0.25) is 4.79 Å². The van der Waals surface area contributed by atoms with E-state index in [0.29, 0.717) is 6.41 Å². The van der Waals surface area contributed by atoms with Gasteiger partial charge in [-0.2, -0.15) is 0 Å². The molecule has 0 saturated carbocycles. The van der Waals surface area contributed by atoms with Gasteiger partial charge >= 0.3 is 0 Å². The SMILES string of the molecule is C=CN(C=O)CCC(=O)[O-]. The molecule has 4 heteroatoms. The monoisotopic (exact) mass is 142 g/mol. The Morgan fingerprint density at radius 2 is 2.30 bits per heavy atom. The van der Waals surface area contributed by atoms with Crippen LogP contribution in [0.25, 0.3) is 0 Å². The van der Waals surface area contributed by atoms with Gasteiger partial charge in [0, 0.05) is 18.9 Å². The summed E-state index contributed by atoms with van der Waals surface area (Å²) in [5, 5.41) is 9.85. The van der Waals surface area contributed by atoms with E-state index in [1.807, 2.05) is 0 Å². The fraction of sp³-hybridized carbons (Fsp3) is 0.333. The third-order valence-corrected chi connectivity index (χ3v) is 0.944. The van der Waals surface area contributed by atoms with E-state index in [2.05, 4.69) is 6.58 Å². The first kappa shape index (κ1) is 8.68. The second-order valence-corrected chi connectivity index (χ2v) is 1.65. The van der Waals surface area contributed by atoms with Crippen molar-refractivity contribution in [2.45, 2.75) is 6.42 Å². The van der Waals surface area contributed by atoms with E-state index in [-0.39, 0.29) is 13.0 Å². The molecule has 0 radical (unpaired) electrons. The highest BCUT2D eigenvalue weighted by molar-refractivity contribution is 5.65. The molecule has 0 heterocycles. The second-order valence-electron chi connectivity index (χ2n) is 1.65. The lowest BCUT2D eigenvalue weighted by Gasteiger charge is -2.10. The Labute approximate surface area is 58.8 Å². The Balaban J connectivity index is 3.54. The van der Waals surface area contributed by atoms with Crippen molar-refractivity contribution in [3.05, 3.63) is 12.8 Å². The Morgan fingerprint density at radius 3 is 2.60 bits per heavy atom. The lowest BCUT2D eigenvalue weighted by molar-refractivity contribution is -0.305. The molecule has 10 heavy (non-hydrogen) atoms. The zero-order valence-electron chi connectivity index (χ0n) is 5.45. The molecule has 0 bridgehead atoms. The number of rotatable bonds is 5. The highest BCUT2D eigenvalue weighted by atomic mass is 16.4. The fourth-order valence-corrected chi connectivity index (χ4v) is 0.407. The molecule has 0 aliphatic heterocycles. The molecular formula is C6H8NO3-. The van der Waals surface area contributed by atoms with Crippen molar-refractivity contribution in [3.63, 3.8) is 0 Å². The predicted octanol–water partition coefficient (Wildman–Crippen LogP) is -1.27. The summed E-state index contributed by atoms with van der Waals surface area (Å²) in [4.78, 5) is 21.0. The molecule has 1 amide bonds. The van der Waals surface area contributed by atoms with Crippen LogP contribution in [-0.4, -0.2) is 23.8 Å². The van der Waals surface area contributed by atoms with Gasteiger partial charge in [-0.1, -0.05) is 6.58 Å². The second kappa shape index (κ2) is 4.55. The van der Waals surface area contributed by atoms with Gasteiger partial charge in [0.25, 0.3) is 0 Å². The van der Waals surface area contributed by atoms with Gasteiger partial charge in [-0.25, -0.2) is 0 Å². The number of carbonyl (C=O) groups is 2. The first-order valence-corrected chi connectivity index (χ1v) is 2.74. The van der Waals surface area contributed by atoms with Gasteiger partial charge in [-0.05, 0) is 6.20 Å². The average Bonchev–Trinajstić information content (AvgIpc) is 1.90. The van der Waals surface area contributed by atoms with E-state index in [1.54, 1.807) is 0 Å². The Bertz CT molecular complexity index is 136. The molecule has 0 aliphatic carbocycles. The van der Waals surface area contributed by atoms with Crippen molar-refractivity contribution >= 4 is 12.4 Å². The maximum Gasteiger partial charge on any atom is 0.213 e. The maximum absolute atomic E-state index is 9.99. The van der Waals surface area contributed by atoms with Gasteiger partial charge in [0.1, 0.15) is 0 Å². The fourth-order valence-electron chi connectivity index (χ4n) is 0.407. The molecule has 0 aromatic rings. The summed E-state index contributed by atoms with van der Waals surface area (Å²) in [5.74, 6) is -1.17. The largest absolute Gasteiger partial charge is 0.550 e. The summed E-state index contributed by atoms with van der Waals surface area (Å²) in [6, 6.07) is 0. The first-order valence-electron chi connectivity index (χ1n) is 2.74. The summed E-state index contributed by atoms with van der Waals surface area (Å²) in [7, 11) is 0. The van der Waals surface area contributed by atoms with Crippen LogP contribution in [0.4, 0.5) is 0 Å². The van der Waals surface area contributed by atoms with Gasteiger partial charge in [-0.15, -0.1) is 0 Å². The van der Waals surface area contributed by atoms with Crippen LogP contribution in [0.3, 0.4) is 0 Å². The zero-order chi connectivity index (χ0) is 7.98. The van der Waals surface area contributed by atoms with Crippen molar-refractivity contribution < 1.29 is 14.7 Å². The molecule has 0 aliphatic rings. The lowest BCUT2D eigenvalue weighted by Crippen LogP contribution is -2.27. The molecule has 0 fully saturated rings. The molecule has 56 valence electrons. The minimum Gasteiger partial charge on any atom is -0.550 e. The molecule has 0 aromatic carbocycles.